The number of halogens is 1. The number of hydrogen-bond acceptors (Lipinski definition) is 6. The van der Waals surface area contributed by atoms with Crippen LogP contribution in [0.15, 0.2) is 59.1 Å². The SMILES string of the molecule is CC(=O)O[C@@H](c1ccccc1)c1nc(C2CCN(C(=O)c3ccccc3Cl)CC2)no1. The van der Waals surface area contributed by atoms with Gasteiger partial charge in [0, 0.05) is 31.5 Å². The number of likely N-dealkylation sites (tertiary alicyclic amines) is 1. The van der Waals surface area contributed by atoms with Gasteiger partial charge in [-0.05, 0) is 25.0 Å². The molecule has 0 aliphatic carbocycles. The van der Waals surface area contributed by atoms with Crippen molar-refractivity contribution in [2.45, 2.75) is 31.8 Å². The summed E-state index contributed by atoms with van der Waals surface area (Å²) < 4.78 is 10.9. The maximum atomic E-state index is 12.8. The van der Waals surface area contributed by atoms with E-state index in [2.05, 4.69) is 10.1 Å². The van der Waals surface area contributed by atoms with Crippen LogP contribution in [-0.2, 0) is 9.53 Å². The first-order valence-electron chi connectivity index (χ1n) is 10.1. The number of benzene rings is 2. The summed E-state index contributed by atoms with van der Waals surface area (Å²) in [5.41, 5.74) is 1.27. The number of ether oxygens (including phenoxy) is 1. The van der Waals surface area contributed by atoms with Crippen LogP contribution in [0, 0.1) is 0 Å². The highest BCUT2D eigenvalue weighted by Crippen LogP contribution is 2.31. The van der Waals surface area contributed by atoms with Crippen molar-refractivity contribution in [3.8, 4) is 0 Å². The van der Waals surface area contributed by atoms with Crippen molar-refractivity contribution in [2.75, 3.05) is 13.1 Å². The molecule has 0 spiro atoms. The Hall–Kier alpha value is -3.19. The zero-order valence-corrected chi connectivity index (χ0v) is 17.8. The molecule has 0 N–H and O–H groups in total. The fourth-order valence-electron chi connectivity index (χ4n) is 3.72. The number of carbonyl (C=O) groups excluding carboxylic acids is 2. The summed E-state index contributed by atoms with van der Waals surface area (Å²) in [4.78, 5) is 30.7. The van der Waals surface area contributed by atoms with Crippen LogP contribution < -0.4 is 0 Å². The Labute approximate surface area is 185 Å². The van der Waals surface area contributed by atoms with Crippen LogP contribution in [-0.4, -0.2) is 40.0 Å². The van der Waals surface area contributed by atoms with Crippen molar-refractivity contribution < 1.29 is 18.8 Å². The van der Waals surface area contributed by atoms with Gasteiger partial charge < -0.3 is 14.2 Å². The highest BCUT2D eigenvalue weighted by atomic mass is 35.5. The summed E-state index contributed by atoms with van der Waals surface area (Å²) in [7, 11) is 0. The summed E-state index contributed by atoms with van der Waals surface area (Å²) >= 11 is 6.17. The molecule has 0 unspecified atom stereocenters. The van der Waals surface area contributed by atoms with Crippen molar-refractivity contribution in [1.82, 2.24) is 15.0 Å². The van der Waals surface area contributed by atoms with E-state index >= 15 is 0 Å². The van der Waals surface area contributed by atoms with E-state index in [-0.39, 0.29) is 17.7 Å². The molecule has 7 nitrogen and oxygen atoms in total. The van der Waals surface area contributed by atoms with E-state index in [0.717, 1.165) is 5.56 Å². The molecule has 2 aromatic carbocycles. The van der Waals surface area contributed by atoms with Gasteiger partial charge in [-0.1, -0.05) is 59.2 Å². The smallest absolute Gasteiger partial charge is 0.303 e. The van der Waals surface area contributed by atoms with Crippen LogP contribution in [0.2, 0.25) is 5.02 Å². The van der Waals surface area contributed by atoms with Gasteiger partial charge in [0.05, 0.1) is 10.6 Å². The lowest BCUT2D eigenvalue weighted by molar-refractivity contribution is -0.145. The Kier molecular flexibility index (Phi) is 6.32. The quantitative estimate of drug-likeness (QED) is 0.548. The molecule has 8 heteroatoms. The number of amides is 1. The zero-order chi connectivity index (χ0) is 21.8. The molecular weight excluding hydrogens is 418 g/mol. The summed E-state index contributed by atoms with van der Waals surface area (Å²) in [5.74, 6) is 0.359. The molecule has 2 heterocycles. The van der Waals surface area contributed by atoms with Crippen LogP contribution in [0.1, 0.15) is 59.4 Å². The van der Waals surface area contributed by atoms with Gasteiger partial charge in [0.25, 0.3) is 11.8 Å². The average Bonchev–Trinajstić information content (AvgIpc) is 3.28. The maximum absolute atomic E-state index is 12.8. The molecule has 1 atom stereocenters. The van der Waals surface area contributed by atoms with E-state index in [1.54, 1.807) is 29.2 Å². The molecule has 1 fully saturated rings. The molecular formula is C23H22ClN3O4. The zero-order valence-electron chi connectivity index (χ0n) is 17.0. The minimum Gasteiger partial charge on any atom is -0.447 e. The van der Waals surface area contributed by atoms with E-state index in [0.29, 0.717) is 42.3 Å². The lowest BCUT2D eigenvalue weighted by Gasteiger charge is -2.30. The Morgan fingerprint density at radius 3 is 2.45 bits per heavy atom. The molecule has 1 aliphatic rings. The second kappa shape index (κ2) is 9.31. The summed E-state index contributed by atoms with van der Waals surface area (Å²) in [6.45, 7) is 2.49. The summed E-state index contributed by atoms with van der Waals surface area (Å²) in [5, 5.41) is 4.59. The molecule has 0 saturated carbocycles. The molecule has 1 aromatic heterocycles. The van der Waals surface area contributed by atoms with Crippen molar-refractivity contribution >= 4 is 23.5 Å². The van der Waals surface area contributed by atoms with Crippen LogP contribution in [0.25, 0.3) is 0 Å². The van der Waals surface area contributed by atoms with Gasteiger partial charge in [-0.2, -0.15) is 4.98 Å². The Morgan fingerprint density at radius 1 is 1.10 bits per heavy atom. The third-order valence-corrected chi connectivity index (χ3v) is 5.65. The lowest BCUT2D eigenvalue weighted by Crippen LogP contribution is -2.38. The van der Waals surface area contributed by atoms with Gasteiger partial charge >= 0.3 is 5.97 Å². The number of piperidine rings is 1. The molecule has 0 bridgehead atoms. The van der Waals surface area contributed by atoms with Crippen molar-refractivity contribution in [3.05, 3.63) is 82.5 Å². The molecule has 1 amide bonds. The average molecular weight is 440 g/mol. The minimum absolute atomic E-state index is 0.0570. The number of esters is 1. The Morgan fingerprint density at radius 2 is 1.77 bits per heavy atom. The first-order chi connectivity index (χ1) is 15.0. The molecule has 0 radical (unpaired) electrons. The minimum atomic E-state index is -0.748. The van der Waals surface area contributed by atoms with Gasteiger partial charge in [0.2, 0.25) is 6.10 Å². The lowest BCUT2D eigenvalue weighted by atomic mass is 9.95. The maximum Gasteiger partial charge on any atom is 0.303 e. The van der Waals surface area contributed by atoms with Gasteiger partial charge in [0.15, 0.2) is 5.82 Å². The molecule has 3 aromatic rings. The third kappa shape index (κ3) is 4.77. The first-order valence-corrected chi connectivity index (χ1v) is 10.5. The van der Waals surface area contributed by atoms with Crippen LogP contribution in [0.4, 0.5) is 0 Å². The van der Waals surface area contributed by atoms with Crippen molar-refractivity contribution in [1.29, 1.82) is 0 Å². The second-order valence-electron chi connectivity index (χ2n) is 7.44. The van der Waals surface area contributed by atoms with E-state index in [1.807, 2.05) is 30.3 Å². The monoisotopic (exact) mass is 439 g/mol. The Balaban J connectivity index is 1.45. The topological polar surface area (TPSA) is 85.5 Å². The van der Waals surface area contributed by atoms with Crippen LogP contribution in [0.5, 0.6) is 0 Å². The third-order valence-electron chi connectivity index (χ3n) is 5.32. The number of hydrogen-bond donors (Lipinski definition) is 0. The standard InChI is InChI=1S/C23H22ClN3O4/c1-15(28)30-20(16-7-3-2-4-8-16)22-25-21(26-31-22)17-11-13-27(14-12-17)23(29)18-9-5-6-10-19(18)24/h2-10,17,20H,11-14H2,1H3/t20-/m0/s1. The molecule has 1 saturated heterocycles. The van der Waals surface area contributed by atoms with Crippen LogP contribution >= 0.6 is 11.6 Å². The number of nitrogens with zero attached hydrogens (tertiary/aromatic N) is 3. The molecule has 31 heavy (non-hydrogen) atoms. The van der Waals surface area contributed by atoms with Crippen molar-refractivity contribution in [2.24, 2.45) is 0 Å². The number of rotatable bonds is 5. The van der Waals surface area contributed by atoms with E-state index in [1.165, 1.54) is 6.92 Å². The van der Waals surface area contributed by atoms with Gasteiger partial charge in [-0.3, -0.25) is 9.59 Å². The largest absolute Gasteiger partial charge is 0.447 e. The summed E-state index contributed by atoms with van der Waals surface area (Å²) in [6.07, 6.45) is 0.666. The summed E-state index contributed by atoms with van der Waals surface area (Å²) in [6, 6.07) is 16.3. The molecule has 160 valence electrons. The highest BCUT2D eigenvalue weighted by molar-refractivity contribution is 6.33. The number of aromatic nitrogens is 2. The van der Waals surface area contributed by atoms with Crippen LogP contribution in [0.3, 0.4) is 0 Å². The Bertz CT molecular complexity index is 1060. The fraction of sp³-hybridized carbons (Fsp3) is 0.304. The predicted molar refractivity (Wildman–Crippen MR) is 114 cm³/mol. The second-order valence-corrected chi connectivity index (χ2v) is 7.84. The first kappa shape index (κ1) is 21.1. The van der Waals surface area contributed by atoms with Gasteiger partial charge in [-0.25, -0.2) is 0 Å². The fourth-order valence-corrected chi connectivity index (χ4v) is 3.94. The normalized spacial score (nSPS) is 15.5. The van der Waals surface area contributed by atoms with Crippen molar-refractivity contribution in [3.63, 3.8) is 0 Å². The van der Waals surface area contributed by atoms with Gasteiger partial charge in [0.1, 0.15) is 0 Å². The van der Waals surface area contributed by atoms with E-state index < -0.39 is 12.1 Å². The molecule has 4 rings (SSSR count). The number of carbonyl (C=O) groups is 2. The van der Waals surface area contributed by atoms with E-state index in [4.69, 9.17) is 20.9 Å². The predicted octanol–water partition coefficient (Wildman–Crippen LogP) is 4.40. The highest BCUT2D eigenvalue weighted by Gasteiger charge is 2.30. The van der Waals surface area contributed by atoms with Gasteiger partial charge in [-0.15, -0.1) is 0 Å². The van der Waals surface area contributed by atoms with E-state index in [9.17, 15) is 9.59 Å². The molecule has 1 aliphatic heterocycles.